The summed E-state index contributed by atoms with van der Waals surface area (Å²) in [5.41, 5.74) is 1.82. The summed E-state index contributed by atoms with van der Waals surface area (Å²) in [5.74, 6) is 1.56. The van der Waals surface area contributed by atoms with Crippen LogP contribution in [-0.2, 0) is 15.2 Å². The van der Waals surface area contributed by atoms with E-state index in [-0.39, 0.29) is 0 Å². The van der Waals surface area contributed by atoms with E-state index in [1.54, 1.807) is 18.9 Å². The molecule has 0 bridgehead atoms. The second kappa shape index (κ2) is 11.4. The molecule has 0 atom stereocenters. The monoisotopic (exact) mass is 480 g/mol. The van der Waals surface area contributed by atoms with Crippen molar-refractivity contribution in [2.75, 3.05) is 51.9 Å². The Morgan fingerprint density at radius 2 is 2.03 bits per heavy atom. The molecule has 2 aromatic carbocycles. The van der Waals surface area contributed by atoms with Gasteiger partial charge in [0, 0.05) is 40.3 Å². The summed E-state index contributed by atoms with van der Waals surface area (Å²) in [6, 6.07) is 13.7. The minimum Gasteiger partial charge on any atom is -0.496 e. The number of carbonyl (C=O) groups excluding carboxylic acids is 1. The molecule has 29 heavy (non-hydrogen) atoms. The molecule has 0 saturated carbocycles. The van der Waals surface area contributed by atoms with Gasteiger partial charge in [0.05, 0.1) is 26.0 Å². The summed E-state index contributed by atoms with van der Waals surface area (Å²) in [5, 5.41) is 2.86. The highest BCUT2D eigenvalue weighted by Crippen LogP contribution is 2.33. The highest BCUT2D eigenvalue weighted by Gasteiger charge is 2.13. The first-order valence-corrected chi connectivity index (χ1v) is 11.2. The van der Waals surface area contributed by atoms with Gasteiger partial charge in [0.25, 0.3) is 0 Å². The molecule has 2 aromatic rings. The molecule has 0 aromatic heterocycles. The van der Waals surface area contributed by atoms with Gasteiger partial charge < -0.3 is 14.2 Å². The van der Waals surface area contributed by atoms with Crippen LogP contribution in [0.3, 0.4) is 0 Å². The number of halogens is 1. The van der Waals surface area contributed by atoms with Crippen molar-refractivity contribution in [3.8, 4) is 5.75 Å². The highest BCUT2D eigenvalue weighted by atomic mass is 79.9. The van der Waals surface area contributed by atoms with Crippen LogP contribution in [0.1, 0.15) is 5.56 Å². The lowest BCUT2D eigenvalue weighted by molar-refractivity contribution is 0.0290. The number of thioether (sulfide) groups is 1. The summed E-state index contributed by atoms with van der Waals surface area (Å²) in [7, 11) is 1.67. The summed E-state index contributed by atoms with van der Waals surface area (Å²) < 4.78 is 17.1. The van der Waals surface area contributed by atoms with Crippen molar-refractivity contribution in [2.24, 2.45) is 0 Å². The lowest BCUT2D eigenvalue weighted by Crippen LogP contribution is -2.38. The zero-order valence-electron chi connectivity index (χ0n) is 16.4. The van der Waals surface area contributed by atoms with Crippen molar-refractivity contribution in [2.45, 2.75) is 10.6 Å². The molecular formula is C21H25BrN2O4S. The molecular weight excluding hydrogens is 456 g/mol. The average molecular weight is 481 g/mol. The third kappa shape index (κ3) is 6.92. The van der Waals surface area contributed by atoms with E-state index >= 15 is 0 Å². The van der Waals surface area contributed by atoms with E-state index in [2.05, 4.69) is 26.1 Å². The minimum atomic E-state index is -0.439. The van der Waals surface area contributed by atoms with Crippen molar-refractivity contribution in [3.05, 3.63) is 52.5 Å². The van der Waals surface area contributed by atoms with Crippen LogP contribution in [0, 0.1) is 0 Å². The Kier molecular flexibility index (Phi) is 8.67. The number of carbonyl (C=O) groups is 1. The number of para-hydroxylation sites is 1. The van der Waals surface area contributed by atoms with Gasteiger partial charge in [-0.05, 0) is 30.3 Å². The second-order valence-electron chi connectivity index (χ2n) is 6.46. The number of methoxy groups -OCH3 is 1. The van der Waals surface area contributed by atoms with E-state index in [1.165, 1.54) is 0 Å². The Morgan fingerprint density at radius 1 is 1.24 bits per heavy atom. The maximum atomic E-state index is 12.2. The first kappa shape index (κ1) is 22.0. The molecule has 1 amide bonds. The fraction of sp³-hybridized carbons (Fsp3) is 0.381. The van der Waals surface area contributed by atoms with Crippen LogP contribution in [0.5, 0.6) is 5.75 Å². The molecule has 1 aliphatic rings. The second-order valence-corrected chi connectivity index (χ2v) is 8.39. The Morgan fingerprint density at radius 3 is 2.83 bits per heavy atom. The number of morpholine rings is 1. The number of amides is 1. The summed E-state index contributed by atoms with van der Waals surface area (Å²) >= 11 is 5.14. The van der Waals surface area contributed by atoms with Crippen LogP contribution in [0.4, 0.5) is 10.5 Å². The number of hydrogen-bond donors (Lipinski definition) is 1. The molecule has 0 radical (unpaired) electrons. The van der Waals surface area contributed by atoms with E-state index in [0.717, 1.165) is 59.2 Å². The zero-order valence-corrected chi connectivity index (χ0v) is 18.8. The Balaban J connectivity index is 1.53. The Labute approximate surface area is 184 Å². The number of hydrogen-bond acceptors (Lipinski definition) is 6. The summed E-state index contributed by atoms with van der Waals surface area (Å²) in [6.45, 7) is 4.30. The van der Waals surface area contributed by atoms with Crippen LogP contribution in [0.15, 0.2) is 51.8 Å². The molecule has 1 aliphatic heterocycles. The van der Waals surface area contributed by atoms with Crippen molar-refractivity contribution >= 4 is 39.5 Å². The highest BCUT2D eigenvalue weighted by molar-refractivity contribution is 9.10. The fourth-order valence-corrected chi connectivity index (χ4v) is 4.34. The maximum Gasteiger partial charge on any atom is 0.411 e. The van der Waals surface area contributed by atoms with E-state index < -0.39 is 6.09 Å². The van der Waals surface area contributed by atoms with Crippen molar-refractivity contribution in [1.29, 1.82) is 0 Å². The van der Waals surface area contributed by atoms with Gasteiger partial charge in [-0.25, -0.2) is 4.79 Å². The molecule has 1 heterocycles. The van der Waals surface area contributed by atoms with Gasteiger partial charge in [-0.3, -0.25) is 10.2 Å². The zero-order chi connectivity index (χ0) is 20.5. The van der Waals surface area contributed by atoms with Gasteiger partial charge in [-0.15, -0.1) is 11.8 Å². The molecule has 1 saturated heterocycles. The smallest absolute Gasteiger partial charge is 0.411 e. The van der Waals surface area contributed by atoms with Crippen LogP contribution in [-0.4, -0.2) is 57.6 Å². The maximum absolute atomic E-state index is 12.2. The molecule has 1 N–H and O–H groups in total. The van der Waals surface area contributed by atoms with Crippen LogP contribution in [0.2, 0.25) is 0 Å². The summed E-state index contributed by atoms with van der Waals surface area (Å²) in [4.78, 5) is 15.4. The number of benzene rings is 2. The van der Waals surface area contributed by atoms with Crippen molar-refractivity contribution in [3.63, 3.8) is 0 Å². The predicted molar refractivity (Wildman–Crippen MR) is 119 cm³/mol. The minimum absolute atomic E-state index is 0.358. The molecule has 0 unspecified atom stereocenters. The van der Waals surface area contributed by atoms with Crippen LogP contribution in [0.25, 0.3) is 0 Å². The van der Waals surface area contributed by atoms with Gasteiger partial charge in [0.1, 0.15) is 12.4 Å². The van der Waals surface area contributed by atoms with Gasteiger partial charge in [0.2, 0.25) is 0 Å². The normalized spacial score (nSPS) is 14.4. The lowest BCUT2D eigenvalue weighted by atomic mass is 10.2. The Bertz CT molecular complexity index is 815. The van der Waals surface area contributed by atoms with Crippen LogP contribution >= 0.6 is 27.7 Å². The van der Waals surface area contributed by atoms with Gasteiger partial charge in [-0.1, -0.05) is 28.1 Å². The van der Waals surface area contributed by atoms with E-state index in [9.17, 15) is 4.79 Å². The third-order valence-electron chi connectivity index (χ3n) is 4.49. The third-order valence-corrected chi connectivity index (χ3v) is 6.11. The van der Waals surface area contributed by atoms with Gasteiger partial charge >= 0.3 is 6.09 Å². The number of nitrogens with zero attached hydrogens (tertiary/aromatic N) is 1. The van der Waals surface area contributed by atoms with Crippen LogP contribution < -0.4 is 10.1 Å². The topological polar surface area (TPSA) is 60.0 Å². The predicted octanol–water partition coefficient (Wildman–Crippen LogP) is 4.63. The Hall–Kier alpha value is -1.74. The molecule has 0 spiro atoms. The van der Waals surface area contributed by atoms with E-state index in [4.69, 9.17) is 14.2 Å². The molecule has 156 valence electrons. The molecule has 1 fully saturated rings. The standard InChI is InChI=1S/C21H25BrN2O4S/c1-26-19-7-6-17(22)14-16(19)15-29-20-5-3-2-4-18(20)23-21(25)28-13-10-24-8-11-27-12-9-24/h2-7,14H,8-13,15H2,1H3,(H,23,25). The molecule has 0 aliphatic carbocycles. The molecule has 3 rings (SSSR count). The van der Waals surface area contributed by atoms with E-state index in [1.807, 2.05) is 42.5 Å². The number of anilines is 1. The van der Waals surface area contributed by atoms with Crippen molar-refractivity contribution < 1.29 is 19.0 Å². The first-order valence-electron chi connectivity index (χ1n) is 9.44. The summed E-state index contributed by atoms with van der Waals surface area (Å²) in [6.07, 6.45) is -0.439. The SMILES string of the molecule is COc1ccc(Br)cc1CSc1ccccc1NC(=O)OCCN1CCOCC1. The molecule has 8 heteroatoms. The number of nitrogens with one attached hydrogen (secondary N) is 1. The number of ether oxygens (including phenoxy) is 3. The molecule has 6 nitrogen and oxygen atoms in total. The van der Waals surface area contributed by atoms with Crippen molar-refractivity contribution in [1.82, 2.24) is 4.90 Å². The fourth-order valence-electron chi connectivity index (χ4n) is 2.95. The quantitative estimate of drug-likeness (QED) is 0.555. The number of rotatable bonds is 8. The average Bonchev–Trinajstić information content (AvgIpc) is 2.74. The first-order chi connectivity index (χ1) is 14.2. The largest absolute Gasteiger partial charge is 0.496 e. The van der Waals surface area contributed by atoms with Gasteiger partial charge in [-0.2, -0.15) is 0 Å². The van der Waals surface area contributed by atoms with Gasteiger partial charge in [0.15, 0.2) is 0 Å². The lowest BCUT2D eigenvalue weighted by Gasteiger charge is -2.26. The van der Waals surface area contributed by atoms with E-state index in [0.29, 0.717) is 12.4 Å².